The van der Waals surface area contributed by atoms with E-state index in [1.54, 1.807) is 0 Å². The molecule has 1 aromatic carbocycles. The number of aryl methyl sites for hydroxylation is 1. The van der Waals surface area contributed by atoms with Gasteiger partial charge in [-0.25, -0.2) is 0 Å². The van der Waals surface area contributed by atoms with Crippen LogP contribution < -0.4 is 15.5 Å². The number of likely N-dealkylation sites (N-methyl/N-ethyl adjacent to an activating group) is 1. The van der Waals surface area contributed by atoms with Gasteiger partial charge in [-0.3, -0.25) is 9.69 Å². The van der Waals surface area contributed by atoms with Crippen molar-refractivity contribution in [3.05, 3.63) is 29.8 Å². The molecular formula is C17H28N4O. The summed E-state index contributed by atoms with van der Waals surface area (Å²) >= 11 is 0. The molecule has 0 radical (unpaired) electrons. The van der Waals surface area contributed by atoms with Gasteiger partial charge in [0.05, 0.1) is 0 Å². The summed E-state index contributed by atoms with van der Waals surface area (Å²) in [5.41, 5.74) is 2.61. The molecule has 0 unspecified atom stereocenters. The Labute approximate surface area is 133 Å². The highest BCUT2D eigenvalue weighted by molar-refractivity contribution is 5.76. The average Bonchev–Trinajstić information content (AvgIpc) is 2.54. The van der Waals surface area contributed by atoms with Crippen LogP contribution in [0.15, 0.2) is 24.3 Å². The highest BCUT2D eigenvalue weighted by Crippen LogP contribution is 2.17. The summed E-state index contributed by atoms with van der Waals surface area (Å²) in [7, 11) is 1.89. The second kappa shape index (κ2) is 8.76. The maximum absolute atomic E-state index is 11.7. The number of carbonyl (C=O) groups excluding carboxylic acids is 1. The molecule has 0 atom stereocenters. The van der Waals surface area contributed by atoms with Crippen LogP contribution in [-0.4, -0.2) is 63.7 Å². The van der Waals surface area contributed by atoms with Gasteiger partial charge in [-0.05, 0) is 31.7 Å². The molecule has 2 rings (SSSR count). The van der Waals surface area contributed by atoms with Crippen LogP contribution in [0.5, 0.6) is 0 Å². The molecule has 1 amide bonds. The quantitative estimate of drug-likeness (QED) is 0.733. The lowest BCUT2D eigenvalue weighted by atomic mass is 10.2. The molecule has 0 aromatic heterocycles. The van der Waals surface area contributed by atoms with Crippen LogP contribution in [0.2, 0.25) is 0 Å². The van der Waals surface area contributed by atoms with Crippen molar-refractivity contribution in [1.29, 1.82) is 0 Å². The van der Waals surface area contributed by atoms with Crippen LogP contribution in [0.3, 0.4) is 0 Å². The maximum atomic E-state index is 11.7. The van der Waals surface area contributed by atoms with Crippen molar-refractivity contribution < 1.29 is 4.79 Å². The molecule has 122 valence electrons. The zero-order valence-electron chi connectivity index (χ0n) is 13.8. The van der Waals surface area contributed by atoms with E-state index in [1.165, 1.54) is 11.3 Å². The highest BCUT2D eigenvalue weighted by Gasteiger charge is 2.17. The predicted octanol–water partition coefficient (Wildman–Crippen LogP) is 0.843. The van der Waals surface area contributed by atoms with Crippen LogP contribution in [0, 0.1) is 6.92 Å². The van der Waals surface area contributed by atoms with Gasteiger partial charge in [-0.2, -0.15) is 0 Å². The van der Waals surface area contributed by atoms with Gasteiger partial charge in [-0.1, -0.05) is 12.1 Å². The fraction of sp³-hybridized carbons (Fsp3) is 0.588. The Morgan fingerprint density at radius 3 is 2.64 bits per heavy atom. The van der Waals surface area contributed by atoms with Gasteiger partial charge >= 0.3 is 0 Å². The lowest BCUT2D eigenvalue weighted by molar-refractivity contribution is -0.121. The average molecular weight is 304 g/mol. The number of hydrogen-bond donors (Lipinski definition) is 2. The zero-order valence-corrected chi connectivity index (χ0v) is 13.8. The van der Waals surface area contributed by atoms with E-state index in [-0.39, 0.29) is 5.91 Å². The molecule has 5 nitrogen and oxygen atoms in total. The third-order valence-electron chi connectivity index (χ3n) is 4.09. The van der Waals surface area contributed by atoms with E-state index in [0.717, 1.165) is 39.3 Å². The van der Waals surface area contributed by atoms with E-state index in [4.69, 9.17) is 0 Å². The smallest absolute Gasteiger partial charge is 0.221 e. The molecule has 0 bridgehead atoms. The normalized spacial score (nSPS) is 15.8. The SMILES string of the molecule is CNCCNC(=O)CCN1CCN(c2cccc(C)c2)CC1. The summed E-state index contributed by atoms with van der Waals surface area (Å²) in [4.78, 5) is 16.5. The standard InChI is InChI=1S/C17H28N4O/c1-15-4-3-5-16(14-15)21-12-10-20(11-13-21)9-6-17(22)19-8-7-18-2/h3-5,14,18H,6-13H2,1-2H3,(H,19,22). The summed E-state index contributed by atoms with van der Waals surface area (Å²) < 4.78 is 0. The molecule has 0 aliphatic carbocycles. The van der Waals surface area contributed by atoms with Crippen molar-refractivity contribution in [3.8, 4) is 0 Å². The van der Waals surface area contributed by atoms with Crippen LogP contribution in [0.4, 0.5) is 5.69 Å². The minimum Gasteiger partial charge on any atom is -0.369 e. The van der Waals surface area contributed by atoms with Gasteiger partial charge in [0.1, 0.15) is 0 Å². The predicted molar refractivity (Wildman–Crippen MR) is 91.4 cm³/mol. The molecule has 1 saturated heterocycles. The minimum absolute atomic E-state index is 0.149. The summed E-state index contributed by atoms with van der Waals surface area (Å²) in [6.07, 6.45) is 0.591. The Kier molecular flexibility index (Phi) is 6.68. The topological polar surface area (TPSA) is 47.6 Å². The van der Waals surface area contributed by atoms with Crippen molar-refractivity contribution in [2.75, 3.05) is 57.8 Å². The molecule has 1 aromatic rings. The van der Waals surface area contributed by atoms with E-state index in [1.807, 2.05) is 7.05 Å². The summed E-state index contributed by atoms with van der Waals surface area (Å²) in [6.45, 7) is 8.63. The zero-order chi connectivity index (χ0) is 15.8. The molecule has 1 fully saturated rings. The van der Waals surface area contributed by atoms with Crippen LogP contribution >= 0.6 is 0 Å². The van der Waals surface area contributed by atoms with Crippen molar-refractivity contribution >= 4 is 11.6 Å². The van der Waals surface area contributed by atoms with Gasteiger partial charge in [-0.15, -0.1) is 0 Å². The summed E-state index contributed by atoms with van der Waals surface area (Å²) in [5, 5.41) is 5.95. The Hall–Kier alpha value is -1.59. The summed E-state index contributed by atoms with van der Waals surface area (Å²) in [6, 6.07) is 8.67. The third-order valence-corrected chi connectivity index (χ3v) is 4.09. The van der Waals surface area contributed by atoms with Crippen molar-refractivity contribution in [2.24, 2.45) is 0 Å². The second-order valence-corrected chi connectivity index (χ2v) is 5.87. The second-order valence-electron chi connectivity index (χ2n) is 5.87. The number of nitrogens with zero attached hydrogens (tertiary/aromatic N) is 2. The van der Waals surface area contributed by atoms with Crippen LogP contribution in [0.25, 0.3) is 0 Å². The fourth-order valence-electron chi connectivity index (χ4n) is 2.73. The third kappa shape index (κ3) is 5.31. The Bertz CT molecular complexity index is 469. The molecule has 0 saturated carbocycles. The molecule has 0 spiro atoms. The Balaban J connectivity index is 1.68. The lowest BCUT2D eigenvalue weighted by Crippen LogP contribution is -2.47. The number of hydrogen-bond acceptors (Lipinski definition) is 4. The van der Waals surface area contributed by atoms with Crippen molar-refractivity contribution in [2.45, 2.75) is 13.3 Å². The Morgan fingerprint density at radius 2 is 1.95 bits per heavy atom. The Morgan fingerprint density at radius 1 is 1.18 bits per heavy atom. The lowest BCUT2D eigenvalue weighted by Gasteiger charge is -2.36. The molecule has 1 aliphatic rings. The van der Waals surface area contributed by atoms with Crippen molar-refractivity contribution in [1.82, 2.24) is 15.5 Å². The number of rotatable bonds is 7. The van der Waals surface area contributed by atoms with E-state index < -0.39 is 0 Å². The molecule has 1 heterocycles. The number of anilines is 1. The monoisotopic (exact) mass is 304 g/mol. The molecular weight excluding hydrogens is 276 g/mol. The van der Waals surface area contributed by atoms with E-state index >= 15 is 0 Å². The first-order valence-corrected chi connectivity index (χ1v) is 8.14. The number of piperazine rings is 1. The molecule has 22 heavy (non-hydrogen) atoms. The number of benzene rings is 1. The van der Waals surface area contributed by atoms with Crippen LogP contribution in [0.1, 0.15) is 12.0 Å². The van der Waals surface area contributed by atoms with Gasteiger partial charge in [0, 0.05) is 57.9 Å². The van der Waals surface area contributed by atoms with Gasteiger partial charge in [0.15, 0.2) is 0 Å². The van der Waals surface area contributed by atoms with E-state index in [2.05, 4.69) is 51.6 Å². The van der Waals surface area contributed by atoms with E-state index in [0.29, 0.717) is 13.0 Å². The first-order valence-electron chi connectivity index (χ1n) is 8.14. The first-order chi connectivity index (χ1) is 10.7. The summed E-state index contributed by atoms with van der Waals surface area (Å²) in [5.74, 6) is 0.149. The van der Waals surface area contributed by atoms with Gasteiger partial charge < -0.3 is 15.5 Å². The van der Waals surface area contributed by atoms with Crippen molar-refractivity contribution in [3.63, 3.8) is 0 Å². The van der Waals surface area contributed by atoms with Gasteiger partial charge in [0.25, 0.3) is 0 Å². The molecule has 1 aliphatic heterocycles. The van der Waals surface area contributed by atoms with E-state index in [9.17, 15) is 4.79 Å². The molecule has 5 heteroatoms. The minimum atomic E-state index is 0.149. The highest BCUT2D eigenvalue weighted by atomic mass is 16.1. The number of carbonyl (C=O) groups is 1. The number of amides is 1. The first kappa shape index (κ1) is 16.8. The maximum Gasteiger partial charge on any atom is 0.221 e. The molecule has 2 N–H and O–H groups in total. The van der Waals surface area contributed by atoms with Crippen LogP contribution in [-0.2, 0) is 4.79 Å². The largest absolute Gasteiger partial charge is 0.369 e. The van der Waals surface area contributed by atoms with Gasteiger partial charge in [0.2, 0.25) is 5.91 Å². The fourth-order valence-corrected chi connectivity index (χ4v) is 2.73. The number of nitrogens with one attached hydrogen (secondary N) is 2.